The van der Waals surface area contributed by atoms with E-state index in [-0.39, 0.29) is 12.1 Å². The summed E-state index contributed by atoms with van der Waals surface area (Å²) in [4.78, 5) is 13.7. The number of aromatic nitrogens is 1. The van der Waals surface area contributed by atoms with Crippen LogP contribution in [0.5, 0.6) is 0 Å². The molecule has 13 heavy (non-hydrogen) atoms. The van der Waals surface area contributed by atoms with Crippen LogP contribution in [-0.2, 0) is 6.54 Å². The monoisotopic (exact) mass is 177 g/mol. The Morgan fingerprint density at radius 3 is 3.38 bits per heavy atom. The molecule has 3 rings (SSSR count). The third kappa shape index (κ3) is 0.862. The van der Waals surface area contributed by atoms with Gasteiger partial charge in [0.15, 0.2) is 0 Å². The fourth-order valence-electron chi connectivity index (χ4n) is 2.12. The summed E-state index contributed by atoms with van der Waals surface area (Å²) in [6.45, 7) is 2.64. The molecule has 0 bridgehead atoms. The quantitative estimate of drug-likeness (QED) is 0.599. The van der Waals surface area contributed by atoms with E-state index in [9.17, 15) is 4.79 Å². The highest BCUT2D eigenvalue weighted by Gasteiger charge is 2.34. The topological polar surface area (TPSA) is 37.3 Å². The van der Waals surface area contributed by atoms with Gasteiger partial charge < -0.3 is 9.47 Å². The van der Waals surface area contributed by atoms with Gasteiger partial charge in [-0.1, -0.05) is 0 Å². The summed E-state index contributed by atoms with van der Waals surface area (Å²) in [6, 6.07) is 3.81. The van der Waals surface area contributed by atoms with Gasteiger partial charge in [-0.2, -0.15) is 0 Å². The summed E-state index contributed by atoms with van der Waals surface area (Å²) >= 11 is 0. The first kappa shape index (κ1) is 7.15. The van der Waals surface area contributed by atoms with Gasteiger partial charge in [0, 0.05) is 19.3 Å². The first-order valence-corrected chi connectivity index (χ1v) is 4.56. The molecule has 0 saturated carbocycles. The van der Waals surface area contributed by atoms with E-state index in [1.807, 2.05) is 27.8 Å². The zero-order chi connectivity index (χ0) is 8.84. The number of hydrogen-bond donors (Lipinski definition) is 1. The molecule has 3 heterocycles. The number of hydrogen-bond acceptors (Lipinski definition) is 2. The van der Waals surface area contributed by atoms with Crippen LogP contribution >= 0.6 is 0 Å². The summed E-state index contributed by atoms with van der Waals surface area (Å²) in [5, 5.41) is 3.30. The minimum Gasteiger partial charge on any atom is -0.340 e. The lowest BCUT2D eigenvalue weighted by Gasteiger charge is -2.30. The molecule has 2 aliphatic heterocycles. The van der Waals surface area contributed by atoms with Crippen molar-refractivity contribution in [3.05, 3.63) is 24.0 Å². The average Bonchev–Trinajstić information content (AvgIpc) is 2.71. The normalized spacial score (nSPS) is 26.0. The number of nitrogens with one attached hydrogen (secondary N) is 1. The lowest BCUT2D eigenvalue weighted by Crippen LogP contribution is -2.47. The van der Waals surface area contributed by atoms with Crippen LogP contribution in [0, 0.1) is 0 Å². The fraction of sp³-hybridized carbons (Fsp3) is 0.444. The Bertz CT molecular complexity index is 357. The molecule has 1 fully saturated rings. The van der Waals surface area contributed by atoms with Crippen LogP contribution in [0.15, 0.2) is 18.3 Å². The van der Waals surface area contributed by atoms with Crippen molar-refractivity contribution in [1.82, 2.24) is 14.8 Å². The number of fused-ring (bicyclic) bond motifs is 2. The summed E-state index contributed by atoms with van der Waals surface area (Å²) in [5.74, 6) is 0.159. The van der Waals surface area contributed by atoms with E-state index in [2.05, 4.69) is 5.32 Å². The van der Waals surface area contributed by atoms with Crippen molar-refractivity contribution in [3.63, 3.8) is 0 Å². The van der Waals surface area contributed by atoms with Crippen molar-refractivity contribution in [2.75, 3.05) is 13.1 Å². The Balaban J connectivity index is 2.07. The summed E-state index contributed by atoms with van der Waals surface area (Å²) in [6.07, 6.45) is 2.18. The van der Waals surface area contributed by atoms with E-state index in [0.717, 1.165) is 25.3 Å². The molecule has 0 aliphatic carbocycles. The van der Waals surface area contributed by atoms with Crippen LogP contribution in [0.1, 0.15) is 10.5 Å². The first-order chi connectivity index (χ1) is 6.36. The first-order valence-electron chi connectivity index (χ1n) is 4.56. The van der Waals surface area contributed by atoms with Gasteiger partial charge in [0.2, 0.25) is 0 Å². The third-order valence-corrected chi connectivity index (χ3v) is 2.79. The number of rotatable bonds is 0. The molecule has 0 spiro atoms. The van der Waals surface area contributed by atoms with E-state index in [0.29, 0.717) is 0 Å². The molecule has 0 radical (unpaired) electrons. The van der Waals surface area contributed by atoms with Gasteiger partial charge in [0.05, 0.1) is 6.54 Å². The second-order valence-electron chi connectivity index (χ2n) is 3.51. The number of amides is 1. The van der Waals surface area contributed by atoms with Gasteiger partial charge in [-0.05, 0) is 12.1 Å². The van der Waals surface area contributed by atoms with Gasteiger partial charge >= 0.3 is 0 Å². The lowest BCUT2D eigenvalue weighted by molar-refractivity contribution is 0.0656. The second kappa shape index (κ2) is 2.35. The van der Waals surface area contributed by atoms with Crippen LogP contribution in [-0.4, -0.2) is 34.6 Å². The lowest BCUT2D eigenvalue weighted by atomic mass is 10.2. The van der Waals surface area contributed by atoms with Gasteiger partial charge in [0.25, 0.3) is 5.91 Å². The predicted octanol–water partition coefficient (Wildman–Crippen LogP) is -0.127. The Morgan fingerprint density at radius 1 is 1.54 bits per heavy atom. The second-order valence-corrected chi connectivity index (χ2v) is 3.51. The molecule has 1 N–H and O–H groups in total. The highest BCUT2D eigenvalue weighted by Crippen LogP contribution is 2.18. The minimum absolute atomic E-state index is 0.159. The van der Waals surface area contributed by atoms with Crippen molar-refractivity contribution in [3.8, 4) is 0 Å². The van der Waals surface area contributed by atoms with Crippen LogP contribution in [0.2, 0.25) is 0 Å². The largest absolute Gasteiger partial charge is 0.340 e. The van der Waals surface area contributed by atoms with Gasteiger partial charge in [-0.3, -0.25) is 10.1 Å². The summed E-state index contributed by atoms with van der Waals surface area (Å²) < 4.78 is 2.02. The highest BCUT2D eigenvalue weighted by molar-refractivity contribution is 5.93. The average molecular weight is 177 g/mol. The standard InChI is InChI=1S/C9H11N3O/c13-9-7-2-1-4-11(7)6-8-10-3-5-12(8)9/h1-2,4,8,10H,3,5-6H2. The van der Waals surface area contributed by atoms with Crippen molar-refractivity contribution >= 4 is 5.91 Å². The van der Waals surface area contributed by atoms with Crippen molar-refractivity contribution in [1.29, 1.82) is 0 Å². The maximum Gasteiger partial charge on any atom is 0.271 e. The molecule has 1 atom stereocenters. The van der Waals surface area contributed by atoms with Crippen molar-refractivity contribution < 1.29 is 4.79 Å². The third-order valence-electron chi connectivity index (χ3n) is 2.79. The van der Waals surface area contributed by atoms with Crippen LogP contribution in [0.25, 0.3) is 0 Å². The molecule has 1 aromatic heterocycles. The van der Waals surface area contributed by atoms with Crippen molar-refractivity contribution in [2.24, 2.45) is 0 Å². The van der Waals surface area contributed by atoms with E-state index in [1.54, 1.807) is 0 Å². The van der Waals surface area contributed by atoms with Gasteiger partial charge in [-0.25, -0.2) is 0 Å². The molecule has 4 heteroatoms. The maximum atomic E-state index is 11.8. The molecule has 1 aromatic rings. The fourth-order valence-corrected chi connectivity index (χ4v) is 2.12. The molecule has 0 aromatic carbocycles. The Hall–Kier alpha value is -1.29. The molecular weight excluding hydrogens is 166 g/mol. The Morgan fingerprint density at radius 2 is 2.46 bits per heavy atom. The van der Waals surface area contributed by atoms with Crippen LogP contribution in [0.4, 0.5) is 0 Å². The van der Waals surface area contributed by atoms with E-state index in [1.165, 1.54) is 0 Å². The maximum absolute atomic E-state index is 11.8. The molecule has 1 unspecified atom stereocenters. The Labute approximate surface area is 76.1 Å². The van der Waals surface area contributed by atoms with E-state index >= 15 is 0 Å². The molecular formula is C9H11N3O. The SMILES string of the molecule is O=C1c2cccn2CC2NCCN12. The molecule has 68 valence electrons. The van der Waals surface area contributed by atoms with Gasteiger partial charge in [0.1, 0.15) is 11.9 Å². The van der Waals surface area contributed by atoms with Crippen molar-refractivity contribution in [2.45, 2.75) is 12.7 Å². The predicted molar refractivity (Wildman–Crippen MR) is 47.3 cm³/mol. The minimum atomic E-state index is 0.159. The number of carbonyl (C=O) groups is 1. The molecule has 4 nitrogen and oxygen atoms in total. The van der Waals surface area contributed by atoms with Crippen LogP contribution < -0.4 is 5.32 Å². The van der Waals surface area contributed by atoms with E-state index < -0.39 is 0 Å². The Kier molecular flexibility index (Phi) is 1.29. The van der Waals surface area contributed by atoms with E-state index in [4.69, 9.17) is 0 Å². The molecule has 1 amide bonds. The zero-order valence-electron chi connectivity index (χ0n) is 7.23. The van der Waals surface area contributed by atoms with Crippen LogP contribution in [0.3, 0.4) is 0 Å². The summed E-state index contributed by atoms with van der Waals surface area (Å²) in [7, 11) is 0. The zero-order valence-corrected chi connectivity index (χ0v) is 7.23. The number of nitrogens with zero attached hydrogens (tertiary/aromatic N) is 2. The smallest absolute Gasteiger partial charge is 0.271 e. The summed E-state index contributed by atoms with van der Waals surface area (Å²) in [5.41, 5.74) is 0.819. The highest BCUT2D eigenvalue weighted by atomic mass is 16.2. The molecule has 1 saturated heterocycles. The number of carbonyl (C=O) groups excluding carboxylic acids is 1. The van der Waals surface area contributed by atoms with Gasteiger partial charge in [-0.15, -0.1) is 0 Å². The molecule has 2 aliphatic rings.